The largest absolute Gasteiger partial charge is 0.485 e. The highest BCUT2D eigenvalue weighted by atomic mass is 16.6. The minimum atomic E-state index is -0.579. The molecular weight excluding hydrogens is 330 g/mol. The summed E-state index contributed by atoms with van der Waals surface area (Å²) in [6.45, 7) is 1.87. The summed E-state index contributed by atoms with van der Waals surface area (Å²) >= 11 is 0. The molecule has 0 radical (unpaired) electrons. The van der Waals surface area contributed by atoms with Crippen LogP contribution < -0.4 is 4.74 Å². The van der Waals surface area contributed by atoms with Crippen molar-refractivity contribution < 1.29 is 23.9 Å². The molecular formula is C16H19N3O6. The van der Waals surface area contributed by atoms with Gasteiger partial charge in [-0.1, -0.05) is 11.1 Å². The van der Waals surface area contributed by atoms with Gasteiger partial charge in [0.1, 0.15) is 24.1 Å². The van der Waals surface area contributed by atoms with E-state index in [0.29, 0.717) is 11.4 Å². The van der Waals surface area contributed by atoms with Gasteiger partial charge in [0.15, 0.2) is 5.69 Å². The topological polar surface area (TPSA) is 106 Å². The average molecular weight is 349 g/mol. The second kappa shape index (κ2) is 7.75. The second-order valence-corrected chi connectivity index (χ2v) is 5.28. The molecule has 1 aromatic heterocycles. The maximum atomic E-state index is 12.0. The standard InChI is InChI=1S/C16H19N3O6/c1-10(23-3)11-5-6-14(13(7-11)15(20)24-4)25-9-12-8-17-16(18(12)2)19(21)22/h5-8,10H,9H2,1-4H3. The average Bonchev–Trinajstić information content (AvgIpc) is 2.99. The number of benzene rings is 1. The van der Waals surface area contributed by atoms with Crippen LogP contribution >= 0.6 is 0 Å². The van der Waals surface area contributed by atoms with Gasteiger partial charge in [-0.3, -0.25) is 0 Å². The highest BCUT2D eigenvalue weighted by Crippen LogP contribution is 2.26. The molecule has 0 N–H and O–H groups in total. The van der Waals surface area contributed by atoms with E-state index in [-0.39, 0.29) is 24.2 Å². The second-order valence-electron chi connectivity index (χ2n) is 5.28. The fourth-order valence-electron chi connectivity index (χ4n) is 2.22. The Morgan fingerprint density at radius 1 is 1.40 bits per heavy atom. The number of esters is 1. The summed E-state index contributed by atoms with van der Waals surface area (Å²) in [5.41, 5.74) is 1.55. The first-order valence-electron chi connectivity index (χ1n) is 7.41. The first kappa shape index (κ1) is 18.4. The third kappa shape index (κ3) is 3.94. The van der Waals surface area contributed by atoms with Crippen molar-refractivity contribution in [2.75, 3.05) is 14.2 Å². The lowest BCUT2D eigenvalue weighted by molar-refractivity contribution is -0.396. The van der Waals surface area contributed by atoms with E-state index in [0.717, 1.165) is 5.56 Å². The summed E-state index contributed by atoms with van der Waals surface area (Å²) in [5, 5.41) is 10.8. The number of ether oxygens (including phenoxy) is 3. The zero-order valence-electron chi connectivity index (χ0n) is 14.4. The SMILES string of the molecule is COC(=O)c1cc(C(C)OC)ccc1OCc1cnc([N+](=O)[O-])n1C. The zero-order valence-corrected chi connectivity index (χ0v) is 14.4. The molecule has 0 aliphatic rings. The van der Waals surface area contributed by atoms with Gasteiger partial charge in [0, 0.05) is 7.11 Å². The van der Waals surface area contributed by atoms with Crippen molar-refractivity contribution in [3.8, 4) is 5.75 Å². The van der Waals surface area contributed by atoms with E-state index >= 15 is 0 Å². The van der Waals surface area contributed by atoms with Crippen molar-refractivity contribution in [2.24, 2.45) is 7.05 Å². The maximum Gasteiger partial charge on any atom is 0.434 e. The van der Waals surface area contributed by atoms with Crippen molar-refractivity contribution in [3.05, 3.63) is 51.3 Å². The Morgan fingerprint density at radius 2 is 2.12 bits per heavy atom. The molecule has 0 spiro atoms. The van der Waals surface area contributed by atoms with Crippen LogP contribution in [0.2, 0.25) is 0 Å². The van der Waals surface area contributed by atoms with Gasteiger partial charge in [-0.2, -0.15) is 0 Å². The molecule has 1 heterocycles. The lowest BCUT2D eigenvalue weighted by Crippen LogP contribution is -2.09. The summed E-state index contributed by atoms with van der Waals surface area (Å²) in [6.07, 6.45) is 1.16. The fraction of sp³-hybridized carbons (Fsp3) is 0.375. The zero-order chi connectivity index (χ0) is 18.6. The third-order valence-corrected chi connectivity index (χ3v) is 3.83. The first-order chi connectivity index (χ1) is 11.9. The summed E-state index contributed by atoms with van der Waals surface area (Å²) in [5.74, 6) is -0.519. The van der Waals surface area contributed by atoms with E-state index < -0.39 is 10.9 Å². The fourth-order valence-corrected chi connectivity index (χ4v) is 2.22. The van der Waals surface area contributed by atoms with Crippen LogP contribution in [-0.2, 0) is 23.1 Å². The number of nitrogens with zero attached hydrogens (tertiary/aromatic N) is 3. The summed E-state index contributed by atoms with van der Waals surface area (Å²) in [7, 11) is 4.37. The normalized spacial score (nSPS) is 11.8. The van der Waals surface area contributed by atoms with Gasteiger partial charge in [0.2, 0.25) is 0 Å². The quantitative estimate of drug-likeness (QED) is 0.429. The Bertz CT molecular complexity index is 786. The van der Waals surface area contributed by atoms with Gasteiger partial charge in [0.25, 0.3) is 0 Å². The van der Waals surface area contributed by atoms with Crippen LogP contribution in [0.4, 0.5) is 5.95 Å². The molecule has 9 heteroatoms. The smallest absolute Gasteiger partial charge is 0.434 e. The number of imidazole rings is 1. The highest BCUT2D eigenvalue weighted by Gasteiger charge is 2.20. The lowest BCUT2D eigenvalue weighted by Gasteiger charge is -2.14. The molecule has 25 heavy (non-hydrogen) atoms. The number of aromatic nitrogens is 2. The van der Waals surface area contributed by atoms with Gasteiger partial charge >= 0.3 is 11.9 Å². The Balaban J connectivity index is 2.26. The van der Waals surface area contributed by atoms with Crippen LogP contribution in [0.15, 0.2) is 24.4 Å². The molecule has 0 saturated heterocycles. The minimum absolute atomic E-state index is 0.0144. The van der Waals surface area contributed by atoms with E-state index in [4.69, 9.17) is 14.2 Å². The summed E-state index contributed by atoms with van der Waals surface area (Å²) < 4.78 is 17.0. The van der Waals surface area contributed by atoms with Gasteiger partial charge < -0.3 is 24.3 Å². The molecule has 134 valence electrons. The minimum Gasteiger partial charge on any atom is -0.485 e. The van der Waals surface area contributed by atoms with Crippen LogP contribution in [0.3, 0.4) is 0 Å². The molecule has 1 atom stereocenters. The molecule has 2 rings (SSSR count). The van der Waals surface area contributed by atoms with Crippen molar-refractivity contribution in [3.63, 3.8) is 0 Å². The van der Waals surface area contributed by atoms with E-state index in [1.54, 1.807) is 25.3 Å². The molecule has 2 aromatic rings. The monoisotopic (exact) mass is 349 g/mol. The number of hydrogen-bond acceptors (Lipinski definition) is 7. The summed E-state index contributed by atoms with van der Waals surface area (Å²) in [4.78, 5) is 26.0. The van der Waals surface area contributed by atoms with Crippen LogP contribution in [0.25, 0.3) is 0 Å². The Hall–Kier alpha value is -2.94. The maximum absolute atomic E-state index is 12.0. The van der Waals surface area contributed by atoms with Crippen LogP contribution in [0, 0.1) is 10.1 Å². The summed E-state index contributed by atoms with van der Waals surface area (Å²) in [6, 6.07) is 5.06. The van der Waals surface area contributed by atoms with Crippen LogP contribution in [-0.4, -0.2) is 34.7 Å². The number of nitro groups is 1. The van der Waals surface area contributed by atoms with E-state index in [1.807, 2.05) is 6.92 Å². The predicted molar refractivity (Wildman–Crippen MR) is 87.4 cm³/mol. The Kier molecular flexibility index (Phi) is 5.71. The number of hydrogen-bond donors (Lipinski definition) is 0. The lowest BCUT2D eigenvalue weighted by atomic mass is 10.1. The Morgan fingerprint density at radius 3 is 2.68 bits per heavy atom. The molecule has 0 saturated carbocycles. The van der Waals surface area contributed by atoms with Crippen molar-refractivity contribution in [2.45, 2.75) is 19.6 Å². The van der Waals surface area contributed by atoms with E-state index in [1.165, 1.54) is 24.9 Å². The molecule has 0 aliphatic carbocycles. The van der Waals surface area contributed by atoms with Crippen molar-refractivity contribution >= 4 is 11.9 Å². The number of rotatable bonds is 7. The van der Waals surface area contributed by atoms with E-state index in [2.05, 4.69) is 4.98 Å². The predicted octanol–water partition coefficient (Wildman–Crippen LogP) is 2.40. The molecule has 9 nitrogen and oxygen atoms in total. The molecule has 0 aliphatic heterocycles. The molecule has 0 bridgehead atoms. The molecule has 0 amide bonds. The van der Waals surface area contributed by atoms with Crippen molar-refractivity contribution in [1.82, 2.24) is 9.55 Å². The van der Waals surface area contributed by atoms with Gasteiger partial charge in [0.05, 0.1) is 20.3 Å². The molecule has 0 fully saturated rings. The van der Waals surface area contributed by atoms with E-state index in [9.17, 15) is 14.9 Å². The highest BCUT2D eigenvalue weighted by molar-refractivity contribution is 5.92. The molecule has 1 aromatic carbocycles. The van der Waals surface area contributed by atoms with Gasteiger partial charge in [-0.25, -0.2) is 9.36 Å². The van der Waals surface area contributed by atoms with Crippen LogP contribution in [0.1, 0.15) is 34.6 Å². The van der Waals surface area contributed by atoms with Gasteiger partial charge in [-0.05, 0) is 29.5 Å². The third-order valence-electron chi connectivity index (χ3n) is 3.83. The first-order valence-corrected chi connectivity index (χ1v) is 7.41. The number of carbonyl (C=O) groups is 1. The Labute approximate surface area is 144 Å². The number of carbonyl (C=O) groups excluding carboxylic acids is 1. The van der Waals surface area contributed by atoms with Crippen molar-refractivity contribution in [1.29, 1.82) is 0 Å². The van der Waals surface area contributed by atoms with Crippen LogP contribution in [0.5, 0.6) is 5.75 Å². The van der Waals surface area contributed by atoms with Gasteiger partial charge in [-0.15, -0.1) is 0 Å². The number of methoxy groups -OCH3 is 2. The molecule has 1 unspecified atom stereocenters.